The second kappa shape index (κ2) is 9.54. The zero-order chi connectivity index (χ0) is 18.1. The lowest BCUT2D eigenvalue weighted by Crippen LogP contribution is -2.29. The quantitative estimate of drug-likeness (QED) is 0.788. The van der Waals surface area contributed by atoms with Gasteiger partial charge in [-0.15, -0.1) is 24.8 Å². The average molecular weight is 425 g/mol. The maximum Gasteiger partial charge on any atom is 0.257 e. The number of hydrogen-bond donors (Lipinski definition) is 2. The normalized spacial score (nSPS) is 14.2. The summed E-state index contributed by atoms with van der Waals surface area (Å²) in [7, 11) is 1.56. The van der Waals surface area contributed by atoms with E-state index in [-0.39, 0.29) is 30.7 Å². The number of carbonyl (C=O) groups excluding carboxylic acids is 1. The molecule has 0 atom stereocenters. The molecule has 4 rings (SSSR count). The Hall–Kier alpha value is -1.89. The van der Waals surface area contributed by atoms with Crippen LogP contribution in [-0.4, -0.2) is 29.5 Å². The van der Waals surface area contributed by atoms with Crippen molar-refractivity contribution in [3.63, 3.8) is 0 Å². The molecule has 0 spiro atoms. The molecule has 0 saturated heterocycles. The van der Waals surface area contributed by atoms with Crippen LogP contribution in [0.5, 0.6) is 5.88 Å². The number of fused-ring (bicyclic) bond motifs is 2. The van der Waals surface area contributed by atoms with E-state index in [0.29, 0.717) is 18.0 Å². The van der Waals surface area contributed by atoms with Crippen LogP contribution in [0, 0.1) is 6.92 Å². The van der Waals surface area contributed by atoms with Crippen molar-refractivity contribution >= 4 is 30.7 Å². The minimum atomic E-state index is -0.144. The third-order valence-electron chi connectivity index (χ3n) is 5.35. The zero-order valence-electron chi connectivity index (χ0n) is 16.1. The maximum atomic E-state index is 12.8. The standard InChI is InChI=1S/C20H24N4O2.2ClH/c1-12-17(15-6-7-21-9-14(15)10-22-12)11-23-19(25)16-8-13-4-3-5-18(13)24-20(16)26-2;;/h8,10,21H,3-7,9,11H2,1-2H3,(H,23,25);2*1H. The van der Waals surface area contributed by atoms with Gasteiger partial charge in [-0.05, 0) is 67.5 Å². The summed E-state index contributed by atoms with van der Waals surface area (Å²) in [5.74, 6) is 0.271. The van der Waals surface area contributed by atoms with Gasteiger partial charge in [0.05, 0.1) is 7.11 Å². The van der Waals surface area contributed by atoms with E-state index in [1.54, 1.807) is 7.11 Å². The highest BCUT2D eigenvalue weighted by Crippen LogP contribution is 2.27. The number of carbonyl (C=O) groups is 1. The highest BCUT2D eigenvalue weighted by atomic mass is 35.5. The molecule has 0 unspecified atom stereocenters. The Kier molecular flexibility index (Phi) is 7.63. The van der Waals surface area contributed by atoms with Crippen molar-refractivity contribution < 1.29 is 9.53 Å². The fraction of sp³-hybridized carbons (Fsp3) is 0.450. The van der Waals surface area contributed by atoms with Crippen LogP contribution in [-0.2, 0) is 32.4 Å². The molecule has 6 nitrogen and oxygen atoms in total. The molecule has 0 saturated carbocycles. The molecule has 0 aromatic carbocycles. The molecule has 2 aromatic heterocycles. The van der Waals surface area contributed by atoms with Crippen LogP contribution < -0.4 is 15.4 Å². The first-order chi connectivity index (χ1) is 12.7. The minimum absolute atomic E-state index is 0. The van der Waals surface area contributed by atoms with Gasteiger partial charge in [0, 0.05) is 30.7 Å². The Morgan fingerprint density at radius 2 is 2.07 bits per heavy atom. The fourth-order valence-corrected chi connectivity index (χ4v) is 3.91. The minimum Gasteiger partial charge on any atom is -0.480 e. The van der Waals surface area contributed by atoms with E-state index in [9.17, 15) is 4.79 Å². The van der Waals surface area contributed by atoms with Gasteiger partial charge in [-0.2, -0.15) is 0 Å². The lowest BCUT2D eigenvalue weighted by molar-refractivity contribution is 0.0947. The average Bonchev–Trinajstić information content (AvgIpc) is 3.13. The molecule has 0 fully saturated rings. The molecule has 1 aliphatic carbocycles. The number of nitrogens with zero attached hydrogens (tertiary/aromatic N) is 2. The molecule has 152 valence electrons. The number of amides is 1. The van der Waals surface area contributed by atoms with Gasteiger partial charge in [-0.1, -0.05) is 0 Å². The van der Waals surface area contributed by atoms with E-state index in [4.69, 9.17) is 4.74 Å². The summed E-state index contributed by atoms with van der Waals surface area (Å²) >= 11 is 0. The van der Waals surface area contributed by atoms with Gasteiger partial charge < -0.3 is 15.4 Å². The van der Waals surface area contributed by atoms with Crippen molar-refractivity contribution in [2.75, 3.05) is 13.7 Å². The summed E-state index contributed by atoms with van der Waals surface area (Å²) < 4.78 is 5.37. The van der Waals surface area contributed by atoms with Crippen molar-refractivity contribution in [1.82, 2.24) is 20.6 Å². The molecule has 1 amide bonds. The van der Waals surface area contributed by atoms with E-state index in [0.717, 1.165) is 61.3 Å². The van der Waals surface area contributed by atoms with Crippen LogP contribution in [0.15, 0.2) is 12.3 Å². The van der Waals surface area contributed by atoms with E-state index in [1.807, 2.05) is 19.2 Å². The summed E-state index contributed by atoms with van der Waals surface area (Å²) in [5.41, 5.74) is 7.39. The Bertz CT molecular complexity index is 874. The number of nitrogens with one attached hydrogen (secondary N) is 2. The van der Waals surface area contributed by atoms with Crippen LogP contribution in [0.1, 0.15) is 50.4 Å². The van der Waals surface area contributed by atoms with Gasteiger partial charge in [-0.25, -0.2) is 4.98 Å². The highest BCUT2D eigenvalue weighted by molar-refractivity contribution is 5.96. The van der Waals surface area contributed by atoms with Gasteiger partial charge >= 0.3 is 0 Å². The third kappa shape index (κ3) is 4.24. The van der Waals surface area contributed by atoms with Crippen molar-refractivity contribution in [2.24, 2.45) is 0 Å². The van der Waals surface area contributed by atoms with Crippen molar-refractivity contribution in [3.05, 3.63) is 51.5 Å². The number of rotatable bonds is 4. The van der Waals surface area contributed by atoms with E-state index >= 15 is 0 Å². The Balaban J connectivity index is 0.00000140. The summed E-state index contributed by atoms with van der Waals surface area (Å²) in [6.45, 7) is 4.27. The smallest absolute Gasteiger partial charge is 0.257 e. The second-order valence-corrected chi connectivity index (χ2v) is 6.94. The lowest BCUT2D eigenvalue weighted by Gasteiger charge is -2.21. The number of ether oxygens (including phenoxy) is 1. The molecule has 2 aromatic rings. The Morgan fingerprint density at radius 1 is 1.25 bits per heavy atom. The Labute approximate surface area is 177 Å². The lowest BCUT2D eigenvalue weighted by atomic mass is 9.96. The molecule has 1 aliphatic heterocycles. The first-order valence-electron chi connectivity index (χ1n) is 9.19. The van der Waals surface area contributed by atoms with Gasteiger partial charge in [-0.3, -0.25) is 9.78 Å². The summed E-state index contributed by atoms with van der Waals surface area (Å²) in [6.07, 6.45) is 5.94. The van der Waals surface area contributed by atoms with Gasteiger partial charge in [0.15, 0.2) is 0 Å². The number of pyridine rings is 2. The van der Waals surface area contributed by atoms with Crippen LogP contribution in [0.25, 0.3) is 0 Å². The van der Waals surface area contributed by atoms with Gasteiger partial charge in [0.25, 0.3) is 5.91 Å². The second-order valence-electron chi connectivity index (χ2n) is 6.94. The largest absolute Gasteiger partial charge is 0.480 e. The first kappa shape index (κ1) is 22.4. The first-order valence-corrected chi connectivity index (χ1v) is 9.19. The molecule has 2 N–H and O–H groups in total. The molecule has 3 heterocycles. The van der Waals surface area contributed by atoms with Crippen LogP contribution in [0.4, 0.5) is 0 Å². The molecule has 8 heteroatoms. The molecular weight excluding hydrogens is 399 g/mol. The summed E-state index contributed by atoms with van der Waals surface area (Å²) in [4.78, 5) is 21.8. The topological polar surface area (TPSA) is 76.1 Å². The van der Waals surface area contributed by atoms with E-state index in [2.05, 4.69) is 20.6 Å². The number of methoxy groups -OCH3 is 1. The summed E-state index contributed by atoms with van der Waals surface area (Å²) in [5, 5.41) is 6.42. The Morgan fingerprint density at radius 3 is 2.86 bits per heavy atom. The predicted molar refractivity (Wildman–Crippen MR) is 113 cm³/mol. The van der Waals surface area contributed by atoms with Crippen molar-refractivity contribution in [3.8, 4) is 5.88 Å². The number of halogens is 2. The van der Waals surface area contributed by atoms with Gasteiger partial charge in [0.1, 0.15) is 5.56 Å². The van der Waals surface area contributed by atoms with E-state index < -0.39 is 0 Å². The van der Waals surface area contributed by atoms with Crippen LogP contribution >= 0.6 is 24.8 Å². The number of hydrogen-bond acceptors (Lipinski definition) is 5. The number of aryl methyl sites for hydroxylation is 3. The molecule has 28 heavy (non-hydrogen) atoms. The monoisotopic (exact) mass is 424 g/mol. The fourth-order valence-electron chi connectivity index (χ4n) is 3.91. The van der Waals surface area contributed by atoms with Crippen LogP contribution in [0.2, 0.25) is 0 Å². The summed E-state index contributed by atoms with van der Waals surface area (Å²) in [6, 6.07) is 1.94. The van der Waals surface area contributed by atoms with Gasteiger partial charge in [0.2, 0.25) is 5.88 Å². The predicted octanol–water partition coefficient (Wildman–Crippen LogP) is 2.70. The zero-order valence-corrected chi connectivity index (χ0v) is 17.8. The molecule has 0 radical (unpaired) electrons. The molecule has 2 aliphatic rings. The number of aromatic nitrogens is 2. The SMILES string of the molecule is COc1nc2c(cc1C(=O)NCc1c(C)ncc3c1CCNC3)CCC2.Cl.Cl. The van der Waals surface area contributed by atoms with E-state index in [1.165, 1.54) is 11.1 Å². The van der Waals surface area contributed by atoms with Crippen molar-refractivity contribution in [1.29, 1.82) is 0 Å². The highest BCUT2D eigenvalue weighted by Gasteiger charge is 2.22. The van der Waals surface area contributed by atoms with Crippen LogP contribution in [0.3, 0.4) is 0 Å². The molecular formula is C20H26Cl2N4O2. The molecule has 0 bridgehead atoms. The third-order valence-corrected chi connectivity index (χ3v) is 5.35. The maximum absolute atomic E-state index is 12.8. The van der Waals surface area contributed by atoms with Crippen molar-refractivity contribution in [2.45, 2.75) is 45.7 Å².